The third-order valence-corrected chi connectivity index (χ3v) is 5.32. The van der Waals surface area contributed by atoms with E-state index in [1.54, 1.807) is 43.5 Å². The fourth-order valence-electron chi connectivity index (χ4n) is 3.39. The number of amides is 2. The molecule has 38 heavy (non-hydrogen) atoms. The zero-order valence-electron chi connectivity index (χ0n) is 20.6. The van der Waals surface area contributed by atoms with Crippen LogP contribution < -0.4 is 15.5 Å². The summed E-state index contributed by atoms with van der Waals surface area (Å²) in [6.45, 7) is 1.38. The highest BCUT2D eigenvalue weighted by Gasteiger charge is 2.23. The van der Waals surface area contributed by atoms with Crippen molar-refractivity contribution in [3.8, 4) is 5.75 Å². The van der Waals surface area contributed by atoms with Crippen LogP contribution in [0.1, 0.15) is 28.8 Å². The van der Waals surface area contributed by atoms with Gasteiger partial charge in [-0.25, -0.2) is 15.4 Å². The molecule has 3 heterocycles. The van der Waals surface area contributed by atoms with Crippen LogP contribution in [0.2, 0.25) is 0 Å². The molecule has 13 nitrogen and oxygen atoms in total. The van der Waals surface area contributed by atoms with Crippen LogP contribution in [0.4, 0.5) is 5.69 Å². The number of nitrogens with one attached hydrogen (secondary N) is 2. The Morgan fingerprint density at radius 1 is 1.13 bits per heavy atom. The lowest BCUT2D eigenvalue weighted by molar-refractivity contribution is -0.138. The van der Waals surface area contributed by atoms with Crippen LogP contribution in [0.15, 0.2) is 53.1 Å². The third-order valence-electron chi connectivity index (χ3n) is 5.32. The Hall–Kier alpha value is -4.33. The summed E-state index contributed by atoms with van der Waals surface area (Å²) in [5, 5.41) is 12.7. The SMILES string of the molecule is CN1NC(c2nc3cc(NC(=O)c4ccc(OCCOCCOCCC(=O)O)cn4)ccc3o2)C=CC1=O. The fourth-order valence-corrected chi connectivity index (χ4v) is 3.39. The monoisotopic (exact) mass is 525 g/mol. The van der Waals surface area contributed by atoms with Crippen molar-refractivity contribution in [1.29, 1.82) is 0 Å². The van der Waals surface area contributed by atoms with E-state index in [9.17, 15) is 14.4 Å². The Bertz CT molecular complexity index is 1310. The molecule has 0 fully saturated rings. The van der Waals surface area contributed by atoms with Gasteiger partial charge >= 0.3 is 5.97 Å². The smallest absolute Gasteiger partial charge is 0.305 e. The quantitative estimate of drug-likeness (QED) is 0.279. The lowest BCUT2D eigenvalue weighted by atomic mass is 10.2. The summed E-state index contributed by atoms with van der Waals surface area (Å²) in [5.41, 5.74) is 4.80. The summed E-state index contributed by atoms with van der Waals surface area (Å²) >= 11 is 0. The maximum absolute atomic E-state index is 12.6. The van der Waals surface area contributed by atoms with Gasteiger partial charge in [-0.3, -0.25) is 19.4 Å². The molecule has 1 aromatic carbocycles. The molecule has 0 saturated heterocycles. The van der Waals surface area contributed by atoms with Crippen molar-refractivity contribution in [2.75, 3.05) is 45.4 Å². The van der Waals surface area contributed by atoms with E-state index in [0.717, 1.165) is 0 Å². The van der Waals surface area contributed by atoms with Crippen LogP contribution in [-0.2, 0) is 19.1 Å². The number of hydrazine groups is 1. The largest absolute Gasteiger partial charge is 0.490 e. The van der Waals surface area contributed by atoms with Crippen molar-refractivity contribution in [2.24, 2.45) is 0 Å². The van der Waals surface area contributed by atoms with E-state index in [4.69, 9.17) is 23.7 Å². The second-order valence-corrected chi connectivity index (χ2v) is 8.15. The number of carboxylic acid groups (broad SMARTS) is 1. The van der Waals surface area contributed by atoms with Gasteiger partial charge in [0.15, 0.2) is 5.58 Å². The summed E-state index contributed by atoms with van der Waals surface area (Å²) in [7, 11) is 1.61. The van der Waals surface area contributed by atoms with E-state index in [2.05, 4.69) is 20.7 Å². The van der Waals surface area contributed by atoms with Crippen LogP contribution in [0.25, 0.3) is 11.1 Å². The Morgan fingerprint density at radius 2 is 1.92 bits per heavy atom. The Kier molecular flexibility index (Phi) is 8.98. The third kappa shape index (κ3) is 7.35. The standard InChI is InChI=1S/C25H27N5O8/c1-30-22(31)7-5-19(29-30)25-28-20-14-16(2-6-21(20)38-25)27-24(34)18-4-3-17(15-26-18)37-13-12-36-11-10-35-9-8-23(32)33/h2-7,14-15,19,29H,8-13H2,1H3,(H,27,34)(H,32,33). The number of rotatable bonds is 13. The number of nitrogens with zero attached hydrogens (tertiary/aromatic N) is 3. The number of oxazole rings is 1. The van der Waals surface area contributed by atoms with E-state index in [1.807, 2.05) is 0 Å². The summed E-state index contributed by atoms with van der Waals surface area (Å²) in [5.74, 6) is -0.595. The molecule has 3 N–H and O–H groups in total. The number of hydrogen-bond donors (Lipinski definition) is 3. The van der Waals surface area contributed by atoms with Gasteiger partial charge in [-0.2, -0.15) is 0 Å². The van der Waals surface area contributed by atoms with Gasteiger partial charge in [0.1, 0.15) is 29.6 Å². The molecule has 0 bridgehead atoms. The fraction of sp³-hybridized carbons (Fsp3) is 0.320. The Balaban J connectivity index is 1.23. The molecule has 200 valence electrons. The summed E-state index contributed by atoms with van der Waals surface area (Å²) in [6.07, 6.45) is 4.53. The molecule has 3 aromatic rings. The van der Waals surface area contributed by atoms with Crippen LogP contribution >= 0.6 is 0 Å². The number of likely N-dealkylation sites (N-methyl/N-ethyl adjacent to an activating group) is 1. The van der Waals surface area contributed by atoms with Crippen molar-refractivity contribution in [1.82, 2.24) is 20.4 Å². The summed E-state index contributed by atoms with van der Waals surface area (Å²) in [4.78, 5) is 43.3. The lowest BCUT2D eigenvalue weighted by Gasteiger charge is -2.24. The number of pyridine rings is 1. The maximum Gasteiger partial charge on any atom is 0.305 e. The van der Waals surface area contributed by atoms with Gasteiger partial charge in [-0.1, -0.05) is 6.08 Å². The topological polar surface area (TPSA) is 165 Å². The number of carboxylic acids is 1. The van der Waals surface area contributed by atoms with Gasteiger partial charge in [-0.05, 0) is 30.3 Å². The summed E-state index contributed by atoms with van der Waals surface area (Å²) < 4.78 is 21.8. The molecular weight excluding hydrogens is 498 g/mol. The average Bonchev–Trinajstić information content (AvgIpc) is 3.33. The molecule has 4 rings (SSSR count). The number of ether oxygens (including phenoxy) is 3. The van der Waals surface area contributed by atoms with Crippen LogP contribution in [-0.4, -0.2) is 77.9 Å². The first-order valence-electron chi connectivity index (χ1n) is 11.8. The summed E-state index contributed by atoms with van der Waals surface area (Å²) in [6, 6.07) is 7.89. The number of fused-ring (bicyclic) bond motifs is 1. The molecule has 0 spiro atoms. The predicted molar refractivity (Wildman–Crippen MR) is 133 cm³/mol. The van der Waals surface area contributed by atoms with E-state index in [1.165, 1.54) is 17.3 Å². The minimum atomic E-state index is -0.904. The van der Waals surface area contributed by atoms with Gasteiger partial charge in [-0.15, -0.1) is 0 Å². The van der Waals surface area contributed by atoms with Crippen molar-refractivity contribution < 1.29 is 38.1 Å². The van der Waals surface area contributed by atoms with Crippen LogP contribution in [0.5, 0.6) is 5.75 Å². The first-order chi connectivity index (χ1) is 18.4. The second-order valence-electron chi connectivity index (χ2n) is 8.15. The zero-order chi connectivity index (χ0) is 26.9. The Labute approximate surface area is 217 Å². The average molecular weight is 526 g/mol. The molecule has 1 atom stereocenters. The number of hydrogen-bond acceptors (Lipinski definition) is 10. The maximum atomic E-state index is 12.6. The van der Waals surface area contributed by atoms with Gasteiger partial charge in [0, 0.05) is 18.8 Å². The van der Waals surface area contributed by atoms with Crippen molar-refractivity contribution in [3.05, 3.63) is 60.3 Å². The van der Waals surface area contributed by atoms with Crippen molar-refractivity contribution in [2.45, 2.75) is 12.5 Å². The number of carbonyl (C=O) groups excluding carboxylic acids is 2. The molecule has 1 aliphatic rings. The number of carbonyl (C=O) groups is 3. The number of aromatic nitrogens is 2. The molecule has 1 unspecified atom stereocenters. The number of anilines is 1. The minimum Gasteiger partial charge on any atom is -0.490 e. The highest BCUT2D eigenvalue weighted by molar-refractivity contribution is 6.03. The Morgan fingerprint density at radius 3 is 2.66 bits per heavy atom. The van der Waals surface area contributed by atoms with Gasteiger partial charge in [0.2, 0.25) is 5.89 Å². The molecule has 0 radical (unpaired) electrons. The number of benzene rings is 1. The first kappa shape index (κ1) is 26.7. The molecular formula is C25H27N5O8. The zero-order valence-corrected chi connectivity index (χ0v) is 20.6. The normalized spacial score (nSPS) is 15.1. The highest BCUT2D eigenvalue weighted by Crippen LogP contribution is 2.25. The highest BCUT2D eigenvalue weighted by atomic mass is 16.5. The van der Waals surface area contributed by atoms with Gasteiger partial charge < -0.3 is 29.1 Å². The molecule has 0 saturated carbocycles. The molecule has 0 aliphatic carbocycles. The van der Waals surface area contributed by atoms with E-state index >= 15 is 0 Å². The van der Waals surface area contributed by atoms with E-state index in [-0.39, 0.29) is 37.3 Å². The minimum absolute atomic E-state index is 0.0406. The van der Waals surface area contributed by atoms with Gasteiger partial charge in [0.25, 0.3) is 11.8 Å². The molecule has 2 aromatic heterocycles. The lowest BCUT2D eigenvalue weighted by Crippen LogP contribution is -2.43. The number of aliphatic carboxylic acids is 1. The van der Waals surface area contributed by atoms with Crippen molar-refractivity contribution in [3.63, 3.8) is 0 Å². The van der Waals surface area contributed by atoms with Gasteiger partial charge in [0.05, 0.1) is 39.0 Å². The van der Waals surface area contributed by atoms with Crippen LogP contribution in [0.3, 0.4) is 0 Å². The van der Waals surface area contributed by atoms with Crippen LogP contribution in [0, 0.1) is 0 Å². The second kappa shape index (κ2) is 12.8. The molecule has 2 amide bonds. The molecule has 1 aliphatic heterocycles. The van der Waals surface area contributed by atoms with E-state index < -0.39 is 11.9 Å². The molecule has 13 heteroatoms. The van der Waals surface area contributed by atoms with Crippen molar-refractivity contribution >= 4 is 34.6 Å². The predicted octanol–water partition coefficient (Wildman–Crippen LogP) is 1.94. The van der Waals surface area contributed by atoms with E-state index in [0.29, 0.717) is 48.2 Å². The first-order valence-corrected chi connectivity index (χ1v) is 11.8.